The topological polar surface area (TPSA) is 15.3 Å². The minimum Gasteiger partial charge on any atom is -0.313 e. The Balaban J connectivity index is 1.89. The lowest BCUT2D eigenvalue weighted by molar-refractivity contribution is 0.265. The summed E-state index contributed by atoms with van der Waals surface area (Å²) in [6.07, 6.45) is 2.50. The Hall–Kier alpha value is -0.510. The molecule has 3 heteroatoms. The lowest BCUT2D eigenvalue weighted by atomic mass is 9.98. The fraction of sp³-hybridized carbons (Fsp3) is 0.647. The van der Waals surface area contributed by atoms with Gasteiger partial charge >= 0.3 is 0 Å². The van der Waals surface area contributed by atoms with Crippen molar-refractivity contribution in [2.24, 2.45) is 0 Å². The van der Waals surface area contributed by atoms with Gasteiger partial charge in [0.05, 0.1) is 0 Å². The third-order valence-electron chi connectivity index (χ3n) is 4.32. The largest absolute Gasteiger partial charge is 0.313 e. The maximum atomic E-state index is 3.49. The van der Waals surface area contributed by atoms with Gasteiger partial charge in [0.25, 0.3) is 0 Å². The minimum absolute atomic E-state index is 0.478. The maximum absolute atomic E-state index is 3.49. The summed E-state index contributed by atoms with van der Waals surface area (Å²) in [4.78, 5) is 2.65. The maximum Gasteiger partial charge on any atom is 0.0332 e. The van der Waals surface area contributed by atoms with Gasteiger partial charge in [-0.1, -0.05) is 31.2 Å². The smallest absolute Gasteiger partial charge is 0.0332 e. The lowest BCUT2D eigenvalue weighted by Crippen LogP contribution is -2.39. The van der Waals surface area contributed by atoms with Crippen LogP contribution in [-0.2, 0) is 0 Å². The minimum atomic E-state index is 0.478. The van der Waals surface area contributed by atoms with Gasteiger partial charge in [0.1, 0.15) is 0 Å². The molecule has 1 aromatic carbocycles. The Morgan fingerprint density at radius 2 is 2.20 bits per heavy atom. The van der Waals surface area contributed by atoms with Gasteiger partial charge in [0, 0.05) is 36.7 Å². The predicted octanol–water partition coefficient (Wildman–Crippen LogP) is 3.47. The second-order valence-electron chi connectivity index (χ2n) is 5.69. The molecule has 0 radical (unpaired) electrons. The second-order valence-corrected chi connectivity index (χ2v) is 7.10. The summed E-state index contributed by atoms with van der Waals surface area (Å²) in [6, 6.07) is 9.23. The molecule has 2 rings (SSSR count). The first kappa shape index (κ1) is 15.9. The Kier molecular flexibility index (Phi) is 6.40. The van der Waals surface area contributed by atoms with E-state index in [9.17, 15) is 0 Å². The average molecular weight is 292 g/mol. The normalized spacial score (nSPS) is 21.9. The molecule has 112 valence electrons. The van der Waals surface area contributed by atoms with Crippen molar-refractivity contribution >= 4 is 11.8 Å². The second kappa shape index (κ2) is 8.06. The summed E-state index contributed by atoms with van der Waals surface area (Å²) in [6.45, 7) is 8.25. The fourth-order valence-electron chi connectivity index (χ4n) is 2.98. The number of aryl methyl sites for hydroxylation is 1. The first-order chi connectivity index (χ1) is 9.74. The van der Waals surface area contributed by atoms with Crippen molar-refractivity contribution in [1.29, 1.82) is 0 Å². The van der Waals surface area contributed by atoms with Crippen molar-refractivity contribution in [3.05, 3.63) is 35.4 Å². The molecule has 0 aromatic heterocycles. The Bertz CT molecular complexity index is 408. The number of hydrogen-bond donors (Lipinski definition) is 1. The molecule has 0 bridgehead atoms. The van der Waals surface area contributed by atoms with E-state index < -0.39 is 0 Å². The molecule has 1 heterocycles. The summed E-state index contributed by atoms with van der Waals surface area (Å²) < 4.78 is 0. The van der Waals surface area contributed by atoms with Crippen LogP contribution in [0, 0.1) is 6.92 Å². The molecular weight excluding hydrogens is 264 g/mol. The SMILES string of the molecule is CCC1CN(CCC(NC)c2ccccc2C)CCS1. The number of thioether (sulfide) groups is 1. The number of hydrogen-bond acceptors (Lipinski definition) is 3. The van der Waals surface area contributed by atoms with Crippen LogP contribution >= 0.6 is 11.8 Å². The van der Waals surface area contributed by atoms with Gasteiger partial charge < -0.3 is 10.2 Å². The monoisotopic (exact) mass is 292 g/mol. The van der Waals surface area contributed by atoms with E-state index in [4.69, 9.17) is 0 Å². The van der Waals surface area contributed by atoms with Gasteiger partial charge in [-0.15, -0.1) is 0 Å². The van der Waals surface area contributed by atoms with E-state index in [1.54, 1.807) is 0 Å². The van der Waals surface area contributed by atoms with Crippen LogP contribution in [0.4, 0.5) is 0 Å². The standard InChI is InChI=1S/C17H28N2S/c1-4-15-13-19(11-12-20-15)10-9-17(18-3)16-8-6-5-7-14(16)2/h5-8,15,17-18H,4,9-13H2,1-3H3. The number of nitrogens with one attached hydrogen (secondary N) is 1. The summed E-state index contributed by atoms with van der Waals surface area (Å²) in [5, 5.41) is 4.33. The van der Waals surface area contributed by atoms with Crippen LogP contribution in [0.15, 0.2) is 24.3 Å². The molecule has 2 atom stereocenters. The highest BCUT2D eigenvalue weighted by molar-refractivity contribution is 8.00. The third kappa shape index (κ3) is 4.24. The average Bonchev–Trinajstić information content (AvgIpc) is 2.49. The van der Waals surface area contributed by atoms with Crippen LogP contribution < -0.4 is 5.32 Å². The van der Waals surface area contributed by atoms with Crippen molar-refractivity contribution in [3.63, 3.8) is 0 Å². The Labute approximate surface area is 128 Å². The van der Waals surface area contributed by atoms with E-state index in [1.807, 2.05) is 0 Å². The summed E-state index contributed by atoms with van der Waals surface area (Å²) in [5.41, 5.74) is 2.85. The van der Waals surface area contributed by atoms with E-state index in [0.717, 1.165) is 5.25 Å². The molecule has 0 amide bonds. The zero-order valence-corrected chi connectivity index (χ0v) is 13.9. The van der Waals surface area contributed by atoms with E-state index in [1.165, 1.54) is 49.4 Å². The third-order valence-corrected chi connectivity index (χ3v) is 5.70. The molecule has 0 saturated carbocycles. The highest BCUT2D eigenvalue weighted by atomic mass is 32.2. The molecular formula is C17H28N2S. The van der Waals surface area contributed by atoms with Crippen LogP contribution in [0.3, 0.4) is 0 Å². The van der Waals surface area contributed by atoms with Gasteiger partial charge in [0.2, 0.25) is 0 Å². The van der Waals surface area contributed by atoms with Crippen molar-refractivity contribution < 1.29 is 0 Å². The molecule has 1 N–H and O–H groups in total. The van der Waals surface area contributed by atoms with E-state index >= 15 is 0 Å². The van der Waals surface area contributed by atoms with E-state index in [0.29, 0.717) is 6.04 Å². The highest BCUT2D eigenvalue weighted by Crippen LogP contribution is 2.24. The summed E-state index contributed by atoms with van der Waals surface area (Å²) in [7, 11) is 2.08. The zero-order valence-electron chi connectivity index (χ0n) is 13.1. The molecule has 1 saturated heterocycles. The molecule has 2 unspecified atom stereocenters. The number of rotatable bonds is 6. The molecule has 1 fully saturated rings. The van der Waals surface area contributed by atoms with Gasteiger partial charge in [-0.3, -0.25) is 0 Å². The van der Waals surface area contributed by atoms with Crippen LogP contribution in [0.2, 0.25) is 0 Å². The van der Waals surface area contributed by atoms with Crippen molar-refractivity contribution in [3.8, 4) is 0 Å². The summed E-state index contributed by atoms with van der Waals surface area (Å²) >= 11 is 2.15. The van der Waals surface area contributed by atoms with Gasteiger partial charge in [-0.05, 0) is 37.9 Å². The molecule has 2 nitrogen and oxygen atoms in total. The highest BCUT2D eigenvalue weighted by Gasteiger charge is 2.20. The number of nitrogens with zero attached hydrogens (tertiary/aromatic N) is 1. The van der Waals surface area contributed by atoms with Crippen LogP contribution in [-0.4, -0.2) is 42.6 Å². The first-order valence-electron chi connectivity index (χ1n) is 7.81. The molecule has 1 aliphatic rings. The van der Waals surface area contributed by atoms with Crippen LogP contribution in [0.5, 0.6) is 0 Å². The lowest BCUT2D eigenvalue weighted by Gasteiger charge is -2.33. The van der Waals surface area contributed by atoms with Crippen molar-refractivity contribution in [2.75, 3.05) is 32.4 Å². The van der Waals surface area contributed by atoms with Crippen LogP contribution in [0.25, 0.3) is 0 Å². The van der Waals surface area contributed by atoms with Crippen LogP contribution in [0.1, 0.15) is 36.9 Å². The Morgan fingerprint density at radius 1 is 1.40 bits per heavy atom. The van der Waals surface area contributed by atoms with E-state index in [-0.39, 0.29) is 0 Å². The fourth-order valence-corrected chi connectivity index (χ4v) is 4.22. The zero-order chi connectivity index (χ0) is 14.4. The van der Waals surface area contributed by atoms with Gasteiger partial charge in [0.15, 0.2) is 0 Å². The molecule has 0 spiro atoms. The van der Waals surface area contributed by atoms with Gasteiger partial charge in [-0.2, -0.15) is 11.8 Å². The first-order valence-corrected chi connectivity index (χ1v) is 8.86. The van der Waals surface area contributed by atoms with Gasteiger partial charge in [-0.25, -0.2) is 0 Å². The van der Waals surface area contributed by atoms with Crippen molar-refractivity contribution in [1.82, 2.24) is 10.2 Å². The quantitative estimate of drug-likeness (QED) is 0.864. The molecule has 1 aromatic rings. The molecule has 0 aliphatic carbocycles. The molecule has 1 aliphatic heterocycles. The molecule has 20 heavy (non-hydrogen) atoms. The van der Waals surface area contributed by atoms with E-state index in [2.05, 4.69) is 67.1 Å². The predicted molar refractivity (Wildman–Crippen MR) is 90.6 cm³/mol. The Morgan fingerprint density at radius 3 is 2.90 bits per heavy atom. The number of benzene rings is 1. The summed E-state index contributed by atoms with van der Waals surface area (Å²) in [5.74, 6) is 1.30. The van der Waals surface area contributed by atoms with Crippen molar-refractivity contribution in [2.45, 2.75) is 38.0 Å².